The van der Waals surface area contributed by atoms with Gasteiger partial charge in [0.25, 0.3) is 6.43 Å². The SMILES string of the molecule is CC(C)Cc1nc(CN(CCO)CC(F)F)no1. The molecule has 0 spiro atoms. The lowest BCUT2D eigenvalue weighted by molar-refractivity contribution is 0.0729. The largest absolute Gasteiger partial charge is 0.395 e. The van der Waals surface area contributed by atoms with Gasteiger partial charge in [-0.25, -0.2) is 8.78 Å². The zero-order valence-corrected chi connectivity index (χ0v) is 10.6. The van der Waals surface area contributed by atoms with Crippen molar-refractivity contribution in [1.29, 1.82) is 0 Å². The van der Waals surface area contributed by atoms with Crippen molar-refractivity contribution in [2.75, 3.05) is 19.7 Å². The molecule has 1 heterocycles. The van der Waals surface area contributed by atoms with Crippen molar-refractivity contribution in [1.82, 2.24) is 15.0 Å². The molecule has 104 valence electrons. The minimum absolute atomic E-state index is 0.159. The summed E-state index contributed by atoms with van der Waals surface area (Å²) in [5.74, 6) is 1.29. The van der Waals surface area contributed by atoms with Crippen LogP contribution in [0.5, 0.6) is 0 Å². The van der Waals surface area contributed by atoms with Crippen molar-refractivity contribution < 1.29 is 18.4 Å². The maximum atomic E-state index is 12.3. The number of hydrogen-bond donors (Lipinski definition) is 1. The van der Waals surface area contributed by atoms with E-state index < -0.39 is 13.0 Å². The molecule has 1 aromatic rings. The first kappa shape index (κ1) is 15.0. The fourth-order valence-corrected chi connectivity index (χ4v) is 1.56. The second-order valence-corrected chi connectivity index (χ2v) is 4.55. The summed E-state index contributed by atoms with van der Waals surface area (Å²) in [7, 11) is 0. The highest BCUT2D eigenvalue weighted by atomic mass is 19.3. The fourth-order valence-electron chi connectivity index (χ4n) is 1.56. The summed E-state index contributed by atoms with van der Waals surface area (Å²) in [4.78, 5) is 5.53. The van der Waals surface area contributed by atoms with Crippen molar-refractivity contribution in [3.05, 3.63) is 11.7 Å². The zero-order valence-electron chi connectivity index (χ0n) is 10.6. The molecule has 0 fully saturated rings. The molecule has 7 heteroatoms. The zero-order chi connectivity index (χ0) is 13.5. The molecule has 0 saturated carbocycles. The van der Waals surface area contributed by atoms with Gasteiger partial charge in [0, 0.05) is 13.0 Å². The minimum Gasteiger partial charge on any atom is -0.395 e. The molecule has 0 saturated heterocycles. The average Bonchev–Trinajstić information content (AvgIpc) is 2.63. The lowest BCUT2D eigenvalue weighted by Gasteiger charge is -2.18. The van der Waals surface area contributed by atoms with Crippen LogP contribution in [-0.2, 0) is 13.0 Å². The molecule has 0 amide bonds. The van der Waals surface area contributed by atoms with Crippen LogP contribution >= 0.6 is 0 Å². The van der Waals surface area contributed by atoms with Crippen molar-refractivity contribution in [2.24, 2.45) is 5.92 Å². The Bertz CT molecular complexity index is 345. The molecule has 0 aliphatic rings. The van der Waals surface area contributed by atoms with Crippen LogP contribution < -0.4 is 0 Å². The van der Waals surface area contributed by atoms with E-state index in [4.69, 9.17) is 9.63 Å². The summed E-state index contributed by atoms with van der Waals surface area (Å²) in [6.45, 7) is 3.79. The molecular weight excluding hydrogens is 244 g/mol. The summed E-state index contributed by atoms with van der Waals surface area (Å²) in [6.07, 6.45) is -1.78. The first-order valence-electron chi connectivity index (χ1n) is 5.94. The molecule has 0 unspecified atom stereocenters. The van der Waals surface area contributed by atoms with Crippen LogP contribution in [-0.4, -0.2) is 46.3 Å². The van der Waals surface area contributed by atoms with E-state index in [1.165, 1.54) is 4.90 Å². The lowest BCUT2D eigenvalue weighted by atomic mass is 10.1. The molecular formula is C11H19F2N3O2. The van der Waals surface area contributed by atoms with Crippen LogP contribution in [0, 0.1) is 5.92 Å². The second kappa shape index (κ2) is 7.38. The average molecular weight is 263 g/mol. The quantitative estimate of drug-likeness (QED) is 0.766. The molecule has 18 heavy (non-hydrogen) atoms. The topological polar surface area (TPSA) is 62.4 Å². The molecule has 0 aliphatic carbocycles. The highest BCUT2D eigenvalue weighted by molar-refractivity contribution is 4.87. The summed E-state index contributed by atoms with van der Waals surface area (Å²) < 4.78 is 29.6. The van der Waals surface area contributed by atoms with Gasteiger partial charge in [0.1, 0.15) is 0 Å². The van der Waals surface area contributed by atoms with Gasteiger partial charge in [-0.15, -0.1) is 0 Å². The molecule has 0 aliphatic heterocycles. The van der Waals surface area contributed by atoms with Gasteiger partial charge in [-0.3, -0.25) is 4.90 Å². The lowest BCUT2D eigenvalue weighted by Crippen LogP contribution is -2.31. The highest BCUT2D eigenvalue weighted by Gasteiger charge is 2.15. The van der Waals surface area contributed by atoms with Crippen LogP contribution in [0.25, 0.3) is 0 Å². The van der Waals surface area contributed by atoms with E-state index in [0.717, 1.165) is 0 Å². The van der Waals surface area contributed by atoms with Gasteiger partial charge in [-0.05, 0) is 5.92 Å². The number of aromatic nitrogens is 2. The number of rotatable bonds is 8. The molecule has 0 aromatic carbocycles. The molecule has 5 nitrogen and oxygen atoms in total. The number of aliphatic hydroxyl groups is 1. The van der Waals surface area contributed by atoms with E-state index in [-0.39, 0.29) is 19.7 Å². The molecule has 1 N–H and O–H groups in total. The van der Waals surface area contributed by atoms with Gasteiger partial charge in [0.05, 0.1) is 19.7 Å². The Labute approximate surface area is 105 Å². The fraction of sp³-hybridized carbons (Fsp3) is 0.818. The third-order valence-corrected chi connectivity index (χ3v) is 2.27. The molecule has 0 atom stereocenters. The second-order valence-electron chi connectivity index (χ2n) is 4.55. The van der Waals surface area contributed by atoms with E-state index in [1.807, 2.05) is 13.8 Å². The van der Waals surface area contributed by atoms with E-state index in [9.17, 15) is 8.78 Å². The standard InChI is InChI=1S/C11H19F2N3O2/c1-8(2)5-11-14-10(15-18-11)7-16(3-4-17)6-9(12)13/h8-9,17H,3-7H2,1-2H3. The van der Waals surface area contributed by atoms with E-state index in [2.05, 4.69) is 10.1 Å². The van der Waals surface area contributed by atoms with Crippen molar-refractivity contribution in [3.8, 4) is 0 Å². The third-order valence-electron chi connectivity index (χ3n) is 2.27. The van der Waals surface area contributed by atoms with Crippen molar-refractivity contribution in [3.63, 3.8) is 0 Å². The van der Waals surface area contributed by atoms with Crippen LogP contribution in [0.15, 0.2) is 4.52 Å². The van der Waals surface area contributed by atoms with Crippen LogP contribution in [0.4, 0.5) is 8.78 Å². The Morgan fingerprint density at radius 1 is 1.39 bits per heavy atom. The summed E-state index contributed by atoms with van der Waals surface area (Å²) >= 11 is 0. The minimum atomic E-state index is -2.45. The maximum absolute atomic E-state index is 12.3. The van der Waals surface area contributed by atoms with Gasteiger partial charge >= 0.3 is 0 Å². The van der Waals surface area contributed by atoms with Gasteiger partial charge in [-0.2, -0.15) is 4.98 Å². The number of aliphatic hydroxyl groups excluding tert-OH is 1. The van der Waals surface area contributed by atoms with Crippen molar-refractivity contribution in [2.45, 2.75) is 33.2 Å². The van der Waals surface area contributed by atoms with E-state index >= 15 is 0 Å². The number of halogens is 2. The molecule has 0 bridgehead atoms. The molecule has 0 radical (unpaired) electrons. The Morgan fingerprint density at radius 3 is 2.67 bits per heavy atom. The van der Waals surface area contributed by atoms with E-state index in [0.29, 0.717) is 24.1 Å². The summed E-state index contributed by atoms with van der Waals surface area (Å²) in [5, 5.41) is 12.5. The highest BCUT2D eigenvalue weighted by Crippen LogP contribution is 2.08. The molecule has 1 aromatic heterocycles. The Morgan fingerprint density at radius 2 is 2.11 bits per heavy atom. The predicted molar refractivity (Wildman–Crippen MR) is 61.2 cm³/mol. The van der Waals surface area contributed by atoms with Crippen LogP contribution in [0.1, 0.15) is 25.6 Å². The number of alkyl halides is 2. The molecule has 1 rings (SSSR count). The smallest absolute Gasteiger partial charge is 0.251 e. The Hall–Kier alpha value is -1.08. The Kier molecular flexibility index (Phi) is 6.14. The van der Waals surface area contributed by atoms with E-state index in [1.54, 1.807) is 0 Å². The summed E-state index contributed by atoms with van der Waals surface area (Å²) in [6, 6.07) is 0. The third kappa shape index (κ3) is 5.50. The maximum Gasteiger partial charge on any atom is 0.251 e. The van der Waals surface area contributed by atoms with Gasteiger partial charge in [0.2, 0.25) is 5.89 Å². The summed E-state index contributed by atoms with van der Waals surface area (Å²) in [5.41, 5.74) is 0. The first-order chi connectivity index (χ1) is 8.51. The number of nitrogens with zero attached hydrogens (tertiary/aromatic N) is 3. The number of hydrogen-bond acceptors (Lipinski definition) is 5. The Balaban J connectivity index is 2.54. The predicted octanol–water partition coefficient (Wildman–Crippen LogP) is 1.33. The van der Waals surface area contributed by atoms with Gasteiger partial charge in [0.15, 0.2) is 5.82 Å². The normalized spacial score (nSPS) is 12.0. The van der Waals surface area contributed by atoms with Gasteiger partial charge in [-0.1, -0.05) is 19.0 Å². The monoisotopic (exact) mass is 263 g/mol. The van der Waals surface area contributed by atoms with Crippen LogP contribution in [0.2, 0.25) is 0 Å². The van der Waals surface area contributed by atoms with Crippen LogP contribution in [0.3, 0.4) is 0 Å². The van der Waals surface area contributed by atoms with Gasteiger partial charge < -0.3 is 9.63 Å². The first-order valence-corrected chi connectivity index (χ1v) is 5.94. The van der Waals surface area contributed by atoms with Crippen molar-refractivity contribution >= 4 is 0 Å².